The quantitative estimate of drug-likeness (QED) is 0.304. The van der Waals surface area contributed by atoms with Crippen LogP contribution in [0.1, 0.15) is 49.4 Å². The molecule has 1 saturated heterocycles. The van der Waals surface area contributed by atoms with Gasteiger partial charge in [-0.3, -0.25) is 4.90 Å². The summed E-state index contributed by atoms with van der Waals surface area (Å²) < 4.78 is 7.31. The molecule has 1 aromatic heterocycles. The maximum Gasteiger partial charge on any atom is 0.191 e. The SMILES string of the molecule is CCNC(=NCc1nnc(C)n1C)NCC(c1ccc(OC)cc1)N1CCCCC1.I. The highest BCUT2D eigenvalue weighted by Crippen LogP contribution is 2.25. The largest absolute Gasteiger partial charge is 0.497 e. The molecule has 172 valence electrons. The molecule has 2 N–H and O–H groups in total. The Bertz CT molecular complexity index is 816. The van der Waals surface area contributed by atoms with Crippen LogP contribution in [-0.4, -0.2) is 58.9 Å². The summed E-state index contributed by atoms with van der Waals surface area (Å²) in [5.74, 6) is 3.43. The number of halogens is 1. The van der Waals surface area contributed by atoms with E-state index in [-0.39, 0.29) is 30.0 Å². The van der Waals surface area contributed by atoms with Crippen molar-refractivity contribution < 1.29 is 4.74 Å². The van der Waals surface area contributed by atoms with Crippen LogP contribution in [0.5, 0.6) is 5.75 Å². The highest BCUT2D eigenvalue weighted by molar-refractivity contribution is 14.0. The molecule has 0 bridgehead atoms. The smallest absolute Gasteiger partial charge is 0.191 e. The van der Waals surface area contributed by atoms with Crippen LogP contribution in [0.4, 0.5) is 0 Å². The fourth-order valence-corrected chi connectivity index (χ4v) is 3.79. The predicted octanol–water partition coefficient (Wildman–Crippen LogP) is 3.03. The summed E-state index contributed by atoms with van der Waals surface area (Å²) in [6, 6.07) is 8.72. The number of hydrogen-bond donors (Lipinski definition) is 2. The van der Waals surface area contributed by atoms with E-state index >= 15 is 0 Å². The van der Waals surface area contributed by atoms with Gasteiger partial charge >= 0.3 is 0 Å². The van der Waals surface area contributed by atoms with E-state index < -0.39 is 0 Å². The molecule has 1 unspecified atom stereocenters. The fourth-order valence-electron chi connectivity index (χ4n) is 3.79. The van der Waals surface area contributed by atoms with Crippen molar-refractivity contribution in [1.29, 1.82) is 0 Å². The number of hydrogen-bond acceptors (Lipinski definition) is 5. The number of guanidine groups is 1. The normalized spacial score (nSPS) is 15.8. The first-order chi connectivity index (χ1) is 14.6. The number of piperidine rings is 1. The summed E-state index contributed by atoms with van der Waals surface area (Å²) in [5.41, 5.74) is 1.30. The molecule has 1 atom stereocenters. The van der Waals surface area contributed by atoms with Crippen molar-refractivity contribution in [3.8, 4) is 5.75 Å². The molecule has 0 spiro atoms. The standard InChI is InChI=1S/C22H35N7O.HI/c1-5-23-22(25-16-21-27-26-17(2)28(21)3)24-15-20(29-13-7-6-8-14-29)18-9-11-19(30-4)12-10-18;/h9-12,20H,5-8,13-16H2,1-4H3,(H2,23,24,25);1H. The minimum Gasteiger partial charge on any atom is -0.497 e. The summed E-state index contributed by atoms with van der Waals surface area (Å²) in [4.78, 5) is 7.31. The number of aromatic nitrogens is 3. The maximum atomic E-state index is 5.34. The van der Waals surface area contributed by atoms with Gasteiger partial charge in [0, 0.05) is 20.1 Å². The van der Waals surface area contributed by atoms with Crippen LogP contribution >= 0.6 is 24.0 Å². The zero-order valence-corrected chi connectivity index (χ0v) is 21.4. The van der Waals surface area contributed by atoms with Gasteiger partial charge in [-0.2, -0.15) is 0 Å². The van der Waals surface area contributed by atoms with Gasteiger partial charge in [0.1, 0.15) is 18.1 Å². The maximum absolute atomic E-state index is 5.34. The van der Waals surface area contributed by atoms with Crippen molar-refractivity contribution in [1.82, 2.24) is 30.3 Å². The molecule has 2 aromatic rings. The third kappa shape index (κ3) is 7.06. The van der Waals surface area contributed by atoms with E-state index in [9.17, 15) is 0 Å². The van der Waals surface area contributed by atoms with Crippen molar-refractivity contribution in [3.05, 3.63) is 41.5 Å². The predicted molar refractivity (Wildman–Crippen MR) is 135 cm³/mol. The van der Waals surface area contributed by atoms with Crippen LogP contribution < -0.4 is 15.4 Å². The third-order valence-electron chi connectivity index (χ3n) is 5.70. The molecule has 3 rings (SSSR count). The first-order valence-electron chi connectivity index (χ1n) is 10.9. The first-order valence-corrected chi connectivity index (χ1v) is 10.9. The molecular weight excluding hydrogens is 505 g/mol. The average Bonchev–Trinajstić information content (AvgIpc) is 3.11. The van der Waals surface area contributed by atoms with Gasteiger partial charge in [-0.15, -0.1) is 34.2 Å². The Morgan fingerprint density at radius 3 is 2.42 bits per heavy atom. The summed E-state index contributed by atoms with van der Waals surface area (Å²) in [7, 11) is 3.67. The zero-order valence-electron chi connectivity index (χ0n) is 19.1. The molecule has 0 saturated carbocycles. The van der Waals surface area contributed by atoms with E-state index in [0.717, 1.165) is 49.5 Å². The van der Waals surface area contributed by atoms with Crippen LogP contribution in [0.15, 0.2) is 29.3 Å². The molecule has 31 heavy (non-hydrogen) atoms. The van der Waals surface area contributed by atoms with Gasteiger partial charge in [0.2, 0.25) is 0 Å². The van der Waals surface area contributed by atoms with Crippen molar-refractivity contribution in [2.45, 2.75) is 45.7 Å². The molecule has 2 heterocycles. The summed E-state index contributed by atoms with van der Waals surface area (Å²) in [5, 5.41) is 15.2. The minimum atomic E-state index is 0. The molecule has 1 aliphatic rings. The Balaban J connectivity index is 0.00000341. The molecule has 0 radical (unpaired) electrons. The number of ether oxygens (including phenoxy) is 1. The number of aryl methyl sites for hydroxylation is 1. The average molecular weight is 541 g/mol. The molecular formula is C22H36IN7O. The fraction of sp³-hybridized carbons (Fsp3) is 0.591. The topological polar surface area (TPSA) is 79.6 Å². The lowest BCUT2D eigenvalue weighted by Crippen LogP contribution is -2.44. The van der Waals surface area contributed by atoms with Gasteiger partial charge in [0.25, 0.3) is 0 Å². The number of rotatable bonds is 8. The van der Waals surface area contributed by atoms with E-state index in [1.165, 1.54) is 24.8 Å². The summed E-state index contributed by atoms with van der Waals surface area (Å²) in [6.07, 6.45) is 3.83. The lowest BCUT2D eigenvalue weighted by Gasteiger charge is -2.35. The number of nitrogens with zero attached hydrogens (tertiary/aromatic N) is 5. The van der Waals surface area contributed by atoms with Gasteiger partial charge in [0.05, 0.1) is 13.2 Å². The Labute approximate surface area is 202 Å². The van der Waals surface area contributed by atoms with Crippen molar-refractivity contribution in [2.24, 2.45) is 12.0 Å². The highest BCUT2D eigenvalue weighted by Gasteiger charge is 2.22. The third-order valence-corrected chi connectivity index (χ3v) is 5.70. The van der Waals surface area contributed by atoms with E-state index in [1.54, 1.807) is 7.11 Å². The minimum absolute atomic E-state index is 0. The Morgan fingerprint density at radius 2 is 1.84 bits per heavy atom. The van der Waals surface area contributed by atoms with Crippen LogP contribution in [0.25, 0.3) is 0 Å². The summed E-state index contributed by atoms with van der Waals surface area (Å²) >= 11 is 0. The van der Waals surface area contributed by atoms with E-state index in [2.05, 4.69) is 44.8 Å². The Hall–Kier alpha value is -1.88. The number of nitrogens with one attached hydrogen (secondary N) is 2. The lowest BCUT2D eigenvalue weighted by molar-refractivity contribution is 0.164. The van der Waals surface area contributed by atoms with Crippen molar-refractivity contribution in [3.63, 3.8) is 0 Å². The van der Waals surface area contributed by atoms with Crippen molar-refractivity contribution in [2.75, 3.05) is 33.3 Å². The van der Waals surface area contributed by atoms with Gasteiger partial charge in [0.15, 0.2) is 11.8 Å². The Morgan fingerprint density at radius 1 is 1.13 bits per heavy atom. The second-order valence-corrected chi connectivity index (χ2v) is 7.68. The highest BCUT2D eigenvalue weighted by atomic mass is 127. The number of aliphatic imine (C=N–C) groups is 1. The van der Waals surface area contributed by atoms with Gasteiger partial charge < -0.3 is 19.9 Å². The van der Waals surface area contributed by atoms with E-state index in [4.69, 9.17) is 9.73 Å². The van der Waals surface area contributed by atoms with E-state index in [0.29, 0.717) is 6.54 Å². The summed E-state index contributed by atoms with van der Waals surface area (Å²) in [6.45, 7) is 8.37. The molecule has 1 aliphatic heterocycles. The van der Waals surface area contributed by atoms with Crippen LogP contribution in [0.2, 0.25) is 0 Å². The van der Waals surface area contributed by atoms with Crippen LogP contribution in [0, 0.1) is 6.92 Å². The van der Waals surface area contributed by atoms with E-state index in [1.807, 2.05) is 30.7 Å². The second-order valence-electron chi connectivity index (χ2n) is 7.68. The molecule has 0 amide bonds. The van der Waals surface area contributed by atoms with Gasteiger partial charge in [-0.25, -0.2) is 4.99 Å². The molecule has 9 heteroatoms. The monoisotopic (exact) mass is 541 g/mol. The number of benzene rings is 1. The Kier molecular flexibility index (Phi) is 10.5. The molecule has 1 aromatic carbocycles. The number of methoxy groups -OCH3 is 1. The van der Waals surface area contributed by atoms with Gasteiger partial charge in [-0.1, -0.05) is 18.6 Å². The zero-order chi connectivity index (χ0) is 21.3. The van der Waals surface area contributed by atoms with Crippen molar-refractivity contribution >= 4 is 29.9 Å². The van der Waals surface area contributed by atoms with Crippen LogP contribution in [0.3, 0.4) is 0 Å². The number of likely N-dealkylation sites (tertiary alicyclic amines) is 1. The molecule has 8 nitrogen and oxygen atoms in total. The lowest BCUT2D eigenvalue weighted by atomic mass is 10.0. The molecule has 1 fully saturated rings. The van der Waals surface area contributed by atoms with Gasteiger partial charge in [-0.05, 0) is 57.5 Å². The molecule has 0 aliphatic carbocycles. The second kappa shape index (κ2) is 12.8. The van der Waals surface area contributed by atoms with Crippen LogP contribution in [-0.2, 0) is 13.6 Å². The first kappa shape index (κ1) is 25.4.